The molecule has 15 heavy (non-hydrogen) atoms. The molecule has 0 saturated carbocycles. The quantitative estimate of drug-likeness (QED) is 0.449. The van der Waals surface area contributed by atoms with E-state index in [-0.39, 0.29) is 18.8 Å². The summed E-state index contributed by atoms with van der Waals surface area (Å²) in [6, 6.07) is -2.14. The van der Waals surface area contributed by atoms with Gasteiger partial charge in [-0.25, -0.2) is 0 Å². The summed E-state index contributed by atoms with van der Waals surface area (Å²) in [5.74, 6) is -2.60. The molecule has 0 aliphatic rings. The first-order valence-electron chi connectivity index (χ1n) is 3.91. The van der Waals surface area contributed by atoms with E-state index in [1.165, 1.54) is 6.92 Å². The van der Waals surface area contributed by atoms with Crippen molar-refractivity contribution >= 4 is 30.2 Å². The number of carboxylic acids is 1. The van der Waals surface area contributed by atoms with Crippen LogP contribution in [-0.2, 0) is 14.4 Å². The number of primary amides is 1. The van der Waals surface area contributed by atoms with Crippen molar-refractivity contribution in [2.45, 2.75) is 25.4 Å². The third-order valence-corrected chi connectivity index (χ3v) is 1.49. The monoisotopic (exact) mass is 239 g/mol. The number of nitrogens with two attached hydrogens (primary N) is 2. The molecular weight excluding hydrogens is 226 g/mol. The van der Waals surface area contributed by atoms with Crippen molar-refractivity contribution in [2.24, 2.45) is 11.5 Å². The summed E-state index contributed by atoms with van der Waals surface area (Å²) in [5, 5.41) is 10.6. The van der Waals surface area contributed by atoms with E-state index in [0.717, 1.165) is 0 Å². The van der Waals surface area contributed by atoms with Gasteiger partial charge in [0, 0.05) is 0 Å². The second-order valence-corrected chi connectivity index (χ2v) is 2.85. The molecule has 8 heteroatoms. The normalized spacial score (nSPS) is 13.2. The predicted octanol–water partition coefficient (Wildman–Crippen LogP) is -1.80. The van der Waals surface area contributed by atoms with Gasteiger partial charge in [-0.1, -0.05) is 0 Å². The van der Waals surface area contributed by atoms with Gasteiger partial charge < -0.3 is 21.9 Å². The van der Waals surface area contributed by atoms with Crippen LogP contribution in [0.25, 0.3) is 0 Å². The average Bonchev–Trinajstić information content (AvgIpc) is 2.02. The lowest BCUT2D eigenvalue weighted by Crippen LogP contribution is -2.48. The van der Waals surface area contributed by atoms with Crippen molar-refractivity contribution in [1.82, 2.24) is 5.32 Å². The molecule has 0 aliphatic carbocycles. The number of carbonyl (C=O) groups excluding carboxylic acids is 2. The average molecular weight is 240 g/mol. The third-order valence-electron chi connectivity index (χ3n) is 1.49. The Bertz CT molecular complexity index is 259. The van der Waals surface area contributed by atoms with Gasteiger partial charge in [0.05, 0.1) is 12.5 Å². The molecule has 0 fully saturated rings. The minimum Gasteiger partial charge on any atom is -0.480 e. The molecule has 0 bridgehead atoms. The molecule has 2 amide bonds. The van der Waals surface area contributed by atoms with Crippen molar-refractivity contribution in [2.75, 3.05) is 0 Å². The third kappa shape index (κ3) is 6.69. The summed E-state index contributed by atoms with van der Waals surface area (Å²) >= 11 is 0. The van der Waals surface area contributed by atoms with E-state index in [9.17, 15) is 14.4 Å². The standard InChI is InChI=1S/C7H13N3O4.ClH/c1-3(7(13)14)10-6(12)4(8)2-5(9)11;/h3-4H,2,8H2,1H3,(H2,9,11)(H,10,12)(H,13,14);1H/t3-,4-;/m1./s1. The summed E-state index contributed by atoms with van der Waals surface area (Å²) in [6.45, 7) is 1.29. The topological polar surface area (TPSA) is 136 Å². The summed E-state index contributed by atoms with van der Waals surface area (Å²) in [7, 11) is 0. The molecule has 6 N–H and O–H groups in total. The molecule has 0 aromatic carbocycles. The second-order valence-electron chi connectivity index (χ2n) is 2.85. The van der Waals surface area contributed by atoms with E-state index >= 15 is 0 Å². The number of amides is 2. The minimum atomic E-state index is -1.18. The molecule has 0 aromatic rings. The molecule has 88 valence electrons. The zero-order valence-electron chi connectivity index (χ0n) is 8.10. The molecule has 2 atom stereocenters. The number of carbonyl (C=O) groups is 3. The lowest BCUT2D eigenvalue weighted by molar-refractivity contribution is -0.141. The van der Waals surface area contributed by atoms with E-state index in [0.29, 0.717) is 0 Å². The Hall–Kier alpha value is -1.34. The maximum Gasteiger partial charge on any atom is 0.325 e. The van der Waals surface area contributed by atoms with Crippen molar-refractivity contribution in [3.63, 3.8) is 0 Å². The van der Waals surface area contributed by atoms with Gasteiger partial charge in [-0.15, -0.1) is 12.4 Å². The van der Waals surface area contributed by atoms with E-state index in [2.05, 4.69) is 5.32 Å². The Morgan fingerprint density at radius 1 is 1.40 bits per heavy atom. The van der Waals surface area contributed by atoms with Crippen LogP contribution < -0.4 is 16.8 Å². The maximum absolute atomic E-state index is 11.1. The molecule has 0 saturated heterocycles. The molecular formula is C7H14ClN3O4. The highest BCUT2D eigenvalue weighted by Crippen LogP contribution is 1.89. The van der Waals surface area contributed by atoms with Crippen molar-refractivity contribution in [3.8, 4) is 0 Å². The first-order chi connectivity index (χ1) is 6.34. The number of halogens is 1. The highest BCUT2D eigenvalue weighted by molar-refractivity contribution is 5.90. The first kappa shape index (κ1) is 16.1. The van der Waals surface area contributed by atoms with E-state index in [1.807, 2.05) is 0 Å². The van der Waals surface area contributed by atoms with Crippen LogP contribution in [0.5, 0.6) is 0 Å². The van der Waals surface area contributed by atoms with Crippen LogP contribution in [0.2, 0.25) is 0 Å². The summed E-state index contributed by atoms with van der Waals surface area (Å²) in [4.78, 5) is 31.8. The lowest BCUT2D eigenvalue weighted by Gasteiger charge is -2.13. The zero-order valence-corrected chi connectivity index (χ0v) is 8.91. The van der Waals surface area contributed by atoms with Gasteiger partial charge in [0.15, 0.2) is 0 Å². The Kier molecular flexibility index (Phi) is 7.53. The Morgan fingerprint density at radius 3 is 2.20 bits per heavy atom. The van der Waals surface area contributed by atoms with Gasteiger partial charge in [-0.05, 0) is 6.92 Å². The van der Waals surface area contributed by atoms with Crippen LogP contribution in [0.3, 0.4) is 0 Å². The summed E-state index contributed by atoms with van der Waals surface area (Å²) < 4.78 is 0. The van der Waals surface area contributed by atoms with Gasteiger partial charge in [0.2, 0.25) is 11.8 Å². The fraction of sp³-hybridized carbons (Fsp3) is 0.571. The number of hydrogen-bond donors (Lipinski definition) is 4. The smallest absolute Gasteiger partial charge is 0.325 e. The minimum absolute atomic E-state index is 0. The Labute approximate surface area is 92.6 Å². The number of carboxylic acid groups (broad SMARTS) is 1. The van der Waals surface area contributed by atoms with Crippen molar-refractivity contribution < 1.29 is 19.5 Å². The first-order valence-corrected chi connectivity index (χ1v) is 3.91. The molecule has 0 rings (SSSR count). The molecule has 7 nitrogen and oxygen atoms in total. The van der Waals surface area contributed by atoms with Crippen LogP contribution in [-0.4, -0.2) is 35.0 Å². The number of aliphatic carboxylic acids is 1. The number of rotatable bonds is 5. The van der Waals surface area contributed by atoms with Crippen LogP contribution in [0.1, 0.15) is 13.3 Å². The van der Waals surface area contributed by atoms with Gasteiger partial charge in [0.25, 0.3) is 0 Å². The van der Waals surface area contributed by atoms with Crippen LogP contribution in [0, 0.1) is 0 Å². The summed E-state index contributed by atoms with van der Waals surface area (Å²) in [5.41, 5.74) is 10.1. The predicted molar refractivity (Wildman–Crippen MR) is 54.3 cm³/mol. The highest BCUT2D eigenvalue weighted by Gasteiger charge is 2.20. The molecule has 0 aromatic heterocycles. The van der Waals surface area contributed by atoms with Gasteiger partial charge in [-0.2, -0.15) is 0 Å². The Morgan fingerprint density at radius 2 is 1.87 bits per heavy atom. The number of nitrogens with one attached hydrogen (secondary N) is 1. The van der Waals surface area contributed by atoms with Gasteiger partial charge in [0.1, 0.15) is 6.04 Å². The van der Waals surface area contributed by atoms with Gasteiger partial charge in [-0.3, -0.25) is 14.4 Å². The second kappa shape index (κ2) is 7.02. The van der Waals surface area contributed by atoms with E-state index in [4.69, 9.17) is 16.6 Å². The van der Waals surface area contributed by atoms with Gasteiger partial charge >= 0.3 is 5.97 Å². The van der Waals surface area contributed by atoms with Crippen molar-refractivity contribution in [3.05, 3.63) is 0 Å². The van der Waals surface area contributed by atoms with Crippen LogP contribution >= 0.6 is 12.4 Å². The van der Waals surface area contributed by atoms with E-state index in [1.54, 1.807) is 0 Å². The van der Waals surface area contributed by atoms with Crippen molar-refractivity contribution in [1.29, 1.82) is 0 Å². The van der Waals surface area contributed by atoms with Crippen LogP contribution in [0.4, 0.5) is 0 Å². The molecule has 0 aliphatic heterocycles. The zero-order chi connectivity index (χ0) is 11.3. The molecule has 0 heterocycles. The Balaban J connectivity index is 0. The van der Waals surface area contributed by atoms with E-state index < -0.39 is 29.9 Å². The van der Waals surface area contributed by atoms with Crippen LogP contribution in [0.15, 0.2) is 0 Å². The summed E-state index contributed by atoms with van der Waals surface area (Å²) in [6.07, 6.45) is -0.307. The molecule has 0 radical (unpaired) electrons. The highest BCUT2D eigenvalue weighted by atomic mass is 35.5. The lowest BCUT2D eigenvalue weighted by atomic mass is 10.2. The molecule has 0 spiro atoms. The molecule has 0 unspecified atom stereocenters. The fourth-order valence-electron chi connectivity index (χ4n) is 0.692. The largest absolute Gasteiger partial charge is 0.480 e. The SMILES string of the molecule is C[C@@H](NC(=O)[C@H](N)CC(N)=O)C(=O)O.Cl. The fourth-order valence-corrected chi connectivity index (χ4v) is 0.692. The maximum atomic E-state index is 11.1. The number of hydrogen-bond acceptors (Lipinski definition) is 4.